The topological polar surface area (TPSA) is 43.9 Å². The molecule has 11 aromatic rings. The molecule has 0 saturated carbocycles. The Hall–Kier alpha value is -5.95. The number of nitrogens with zero attached hydrogens (tertiary/aromatic N) is 3. The Labute approximate surface area is 381 Å². The van der Waals surface area contributed by atoms with Gasteiger partial charge in [0.15, 0.2) is 0 Å². The molecule has 0 bridgehead atoms. The van der Waals surface area contributed by atoms with Crippen molar-refractivity contribution in [3.8, 4) is 39.5 Å². The minimum Gasteiger partial charge on any atom is -0.501 e. The number of hydrogen-bond donors (Lipinski definition) is 0. The predicted octanol–water partition coefficient (Wildman–Crippen LogP) is 14.7. The molecule has 0 amide bonds. The molecule has 1 radical (unpaired) electrons. The van der Waals surface area contributed by atoms with Gasteiger partial charge < -0.3 is 14.0 Å². The molecule has 0 spiro atoms. The summed E-state index contributed by atoms with van der Waals surface area (Å²) in [5.41, 5.74) is 11.6. The summed E-state index contributed by atoms with van der Waals surface area (Å²) < 4.78 is 11.1. The molecular weight excluding hydrogens is 971 g/mol. The van der Waals surface area contributed by atoms with E-state index in [1.54, 1.807) is 0 Å². The quantitative estimate of drug-likeness (QED) is 0.118. The third-order valence-corrected chi connectivity index (χ3v) is 14.6. The molecule has 0 saturated heterocycles. The van der Waals surface area contributed by atoms with Crippen molar-refractivity contribution in [1.82, 2.24) is 14.5 Å². The second-order valence-electron chi connectivity index (χ2n) is 17.1. The van der Waals surface area contributed by atoms with Gasteiger partial charge in [-0.2, -0.15) is 11.3 Å². The van der Waals surface area contributed by atoms with Crippen molar-refractivity contribution in [3.05, 3.63) is 182 Å². The zero-order valence-electron chi connectivity index (χ0n) is 35.4. The first-order chi connectivity index (χ1) is 29.7. The van der Waals surface area contributed by atoms with Gasteiger partial charge in [0, 0.05) is 42.1 Å². The molecule has 0 aliphatic carbocycles. The zero-order valence-corrected chi connectivity index (χ0v) is 39.6. The number of imidazole rings is 1. The molecule has 7 heteroatoms. The standard InChI is InChI=1S/C31H19N2O.C24H26NSSi.Ir/c1-2-9-21(10-3-1)22-17-19-23(20-18-22)33-28-15-6-5-14-27(28)32-31(33)26-13-8-12-25-24-11-4-7-16-29(24)34-30(25)26;1-16(2)13-17-14-21(25-15-23(17)27(3,4)5)20-11-8-10-19-18-9-6-7-12-22(18)26-24(19)20;/h1-12,14-20H;6-10,12,14-16H,13H2,1-5H3;/q2*-1;. The second-order valence-corrected chi connectivity index (χ2v) is 23.2. The van der Waals surface area contributed by atoms with Crippen LogP contribution in [0.3, 0.4) is 0 Å². The van der Waals surface area contributed by atoms with Gasteiger partial charge in [-0.15, -0.1) is 42.0 Å². The molecule has 4 nitrogen and oxygen atoms in total. The molecule has 307 valence electrons. The molecule has 0 atom stereocenters. The maximum Gasteiger partial charge on any atom is 0.120 e. The summed E-state index contributed by atoms with van der Waals surface area (Å²) in [5, 5.41) is 6.30. The molecule has 62 heavy (non-hydrogen) atoms. The van der Waals surface area contributed by atoms with Crippen LogP contribution >= 0.6 is 11.3 Å². The monoisotopic (exact) mass is 1020 g/mol. The average molecular weight is 1020 g/mol. The van der Waals surface area contributed by atoms with Crippen LogP contribution in [0.1, 0.15) is 19.4 Å². The number of furan rings is 1. The first kappa shape index (κ1) is 41.4. The number of benzene rings is 7. The van der Waals surface area contributed by atoms with E-state index < -0.39 is 8.07 Å². The van der Waals surface area contributed by atoms with Gasteiger partial charge in [0.2, 0.25) is 0 Å². The largest absolute Gasteiger partial charge is 0.501 e. The van der Waals surface area contributed by atoms with Crippen molar-refractivity contribution < 1.29 is 24.5 Å². The number of hydrogen-bond acceptors (Lipinski definition) is 4. The van der Waals surface area contributed by atoms with Crippen LogP contribution in [0.2, 0.25) is 19.6 Å². The van der Waals surface area contributed by atoms with E-state index in [9.17, 15) is 0 Å². The maximum atomic E-state index is 6.32. The van der Waals surface area contributed by atoms with Crippen molar-refractivity contribution in [1.29, 1.82) is 0 Å². The molecule has 11 rings (SSSR count). The summed E-state index contributed by atoms with van der Waals surface area (Å²) in [5.74, 6) is 1.46. The van der Waals surface area contributed by atoms with E-state index in [-0.39, 0.29) is 20.1 Å². The molecule has 0 fully saturated rings. The number of thiophene rings is 1. The van der Waals surface area contributed by atoms with Gasteiger partial charge in [-0.1, -0.05) is 152 Å². The van der Waals surface area contributed by atoms with Gasteiger partial charge in [-0.05, 0) is 80.8 Å². The Balaban J connectivity index is 0.000000160. The number of pyridine rings is 1. The van der Waals surface area contributed by atoms with Gasteiger partial charge in [0.25, 0.3) is 0 Å². The Morgan fingerprint density at radius 3 is 2.11 bits per heavy atom. The third kappa shape index (κ3) is 7.75. The van der Waals surface area contributed by atoms with Gasteiger partial charge in [0.1, 0.15) is 5.58 Å². The third-order valence-electron chi connectivity index (χ3n) is 11.4. The van der Waals surface area contributed by atoms with Gasteiger partial charge in [0.05, 0.1) is 30.5 Å². The number of rotatable bonds is 7. The van der Waals surface area contributed by atoms with E-state index >= 15 is 0 Å². The fourth-order valence-electron chi connectivity index (χ4n) is 8.54. The van der Waals surface area contributed by atoms with E-state index in [1.807, 2.05) is 65.9 Å². The minimum atomic E-state index is -1.42. The van der Waals surface area contributed by atoms with E-state index in [4.69, 9.17) is 14.4 Å². The van der Waals surface area contributed by atoms with E-state index in [0.29, 0.717) is 5.92 Å². The van der Waals surface area contributed by atoms with Crippen molar-refractivity contribution in [2.24, 2.45) is 5.92 Å². The zero-order chi connectivity index (χ0) is 41.7. The molecule has 7 aromatic carbocycles. The average Bonchev–Trinajstić information content (AvgIpc) is 3.98. The minimum absolute atomic E-state index is 0. The molecule has 4 heterocycles. The summed E-state index contributed by atoms with van der Waals surface area (Å²) in [6, 6.07) is 61.6. The summed E-state index contributed by atoms with van der Waals surface area (Å²) in [7, 11) is -1.42. The molecular formula is C55H45IrN3OSSi-2. The van der Waals surface area contributed by atoms with Crippen LogP contribution in [0.4, 0.5) is 0 Å². The van der Waals surface area contributed by atoms with Crippen LogP contribution in [-0.2, 0) is 26.5 Å². The first-order valence-electron chi connectivity index (χ1n) is 21.0. The second kappa shape index (κ2) is 17.1. The van der Waals surface area contributed by atoms with Crippen LogP contribution in [0.15, 0.2) is 168 Å². The Kier molecular flexibility index (Phi) is 11.4. The maximum absolute atomic E-state index is 6.32. The smallest absolute Gasteiger partial charge is 0.120 e. The van der Waals surface area contributed by atoms with Crippen molar-refractivity contribution in [2.45, 2.75) is 39.9 Å². The molecule has 0 unspecified atom stereocenters. The van der Waals surface area contributed by atoms with Crippen LogP contribution in [0, 0.1) is 18.1 Å². The Morgan fingerprint density at radius 2 is 1.34 bits per heavy atom. The van der Waals surface area contributed by atoms with Crippen molar-refractivity contribution in [2.75, 3.05) is 0 Å². The Bertz CT molecular complexity index is 3360. The van der Waals surface area contributed by atoms with Gasteiger partial charge in [-0.25, -0.2) is 0 Å². The van der Waals surface area contributed by atoms with Crippen molar-refractivity contribution in [3.63, 3.8) is 0 Å². The van der Waals surface area contributed by atoms with E-state index in [0.717, 1.165) is 67.7 Å². The summed E-state index contributed by atoms with van der Waals surface area (Å²) in [6.07, 6.45) is 3.26. The first-order valence-corrected chi connectivity index (χ1v) is 25.3. The van der Waals surface area contributed by atoms with E-state index in [2.05, 4.69) is 160 Å². The van der Waals surface area contributed by atoms with Gasteiger partial charge >= 0.3 is 0 Å². The molecule has 0 aliphatic rings. The normalized spacial score (nSPS) is 11.7. The number of para-hydroxylation sites is 3. The molecule has 4 aromatic heterocycles. The van der Waals surface area contributed by atoms with Crippen molar-refractivity contribution >= 4 is 77.7 Å². The molecule has 0 N–H and O–H groups in total. The van der Waals surface area contributed by atoms with E-state index in [1.165, 1.54) is 42.0 Å². The fraction of sp³-hybridized carbons (Fsp3) is 0.127. The molecule has 0 aliphatic heterocycles. The number of aromatic nitrogens is 3. The number of fused-ring (bicyclic) bond motifs is 7. The van der Waals surface area contributed by atoms with Crippen LogP contribution in [0.25, 0.3) is 92.6 Å². The predicted molar refractivity (Wildman–Crippen MR) is 261 cm³/mol. The Morgan fingerprint density at radius 1 is 0.677 bits per heavy atom. The van der Waals surface area contributed by atoms with Crippen LogP contribution < -0.4 is 5.19 Å². The van der Waals surface area contributed by atoms with Crippen LogP contribution in [0.5, 0.6) is 0 Å². The summed E-state index contributed by atoms with van der Waals surface area (Å²) in [6.45, 7) is 11.8. The fourth-order valence-corrected chi connectivity index (χ4v) is 11.3. The SMILES string of the molecule is CC(C)Cc1cc(-c2[c-]ccc3c2sc2ccccc23)ncc1[Si](C)(C)C.[Ir].[c-]1ccc2c(oc3ccccc32)c1-c1nc2ccccc2n1-c1ccc(-c2ccccc2)cc1. The van der Waals surface area contributed by atoms with Gasteiger partial charge in [-0.3, -0.25) is 4.98 Å². The van der Waals surface area contributed by atoms with Crippen LogP contribution in [-0.4, -0.2) is 22.6 Å². The summed E-state index contributed by atoms with van der Waals surface area (Å²) >= 11 is 1.85. The summed E-state index contributed by atoms with van der Waals surface area (Å²) in [4.78, 5) is 9.95.